The molecule has 0 aliphatic rings. The Balaban J connectivity index is 2.22. The Bertz CT molecular complexity index is 446. The molecule has 0 fully saturated rings. The minimum atomic E-state index is 0.861. The number of benzene rings is 1. The van der Waals surface area contributed by atoms with E-state index in [9.17, 15) is 0 Å². The molecule has 76 valence electrons. The molecule has 1 heterocycles. The van der Waals surface area contributed by atoms with E-state index in [0.717, 1.165) is 17.8 Å². The molecule has 0 aliphatic carbocycles. The van der Waals surface area contributed by atoms with E-state index in [1.165, 1.54) is 11.1 Å². The van der Waals surface area contributed by atoms with Gasteiger partial charge in [-0.15, -0.1) is 0 Å². The average Bonchev–Trinajstić information content (AvgIpc) is 2.25. The number of rotatable bonds is 2. The van der Waals surface area contributed by atoms with Crippen LogP contribution in [0.15, 0.2) is 36.7 Å². The predicted octanol–water partition coefficient (Wildman–Crippen LogP) is 2.68. The molecule has 0 saturated heterocycles. The van der Waals surface area contributed by atoms with E-state index >= 15 is 0 Å². The molecule has 0 N–H and O–H groups in total. The SMILES string of the molecule is Cc1cnc(Cc2ccccc2C)cn1. The molecular weight excluding hydrogens is 184 g/mol. The van der Waals surface area contributed by atoms with Crippen LogP contribution < -0.4 is 0 Å². The fraction of sp³-hybridized carbons (Fsp3) is 0.231. The summed E-state index contributed by atoms with van der Waals surface area (Å²) in [5.41, 5.74) is 4.61. The standard InChI is InChI=1S/C13H14N2/c1-10-5-3-4-6-12(10)7-13-9-14-11(2)8-15-13/h3-6,8-9H,7H2,1-2H3. The Hall–Kier alpha value is -1.70. The third kappa shape index (κ3) is 2.40. The molecule has 0 spiro atoms. The number of hydrogen-bond acceptors (Lipinski definition) is 2. The van der Waals surface area contributed by atoms with Crippen LogP contribution in [0.1, 0.15) is 22.5 Å². The van der Waals surface area contributed by atoms with Gasteiger partial charge in [-0.25, -0.2) is 0 Å². The smallest absolute Gasteiger partial charge is 0.0630 e. The maximum absolute atomic E-state index is 4.35. The second-order valence-electron chi connectivity index (χ2n) is 3.75. The van der Waals surface area contributed by atoms with Crippen molar-refractivity contribution < 1.29 is 0 Å². The van der Waals surface area contributed by atoms with Crippen molar-refractivity contribution in [3.05, 3.63) is 59.2 Å². The molecule has 2 rings (SSSR count). The summed E-state index contributed by atoms with van der Waals surface area (Å²) >= 11 is 0. The Morgan fingerprint density at radius 3 is 2.47 bits per heavy atom. The van der Waals surface area contributed by atoms with E-state index < -0.39 is 0 Å². The van der Waals surface area contributed by atoms with Crippen LogP contribution in [-0.4, -0.2) is 9.97 Å². The predicted molar refractivity (Wildman–Crippen MR) is 60.8 cm³/mol. The summed E-state index contributed by atoms with van der Waals surface area (Å²) in [6.07, 6.45) is 4.52. The van der Waals surface area contributed by atoms with Crippen molar-refractivity contribution in [3.8, 4) is 0 Å². The molecule has 2 heteroatoms. The Kier molecular flexibility index (Phi) is 2.77. The van der Waals surface area contributed by atoms with Crippen LogP contribution in [0.3, 0.4) is 0 Å². The molecule has 1 aromatic carbocycles. The fourth-order valence-corrected chi connectivity index (χ4v) is 1.51. The normalized spacial score (nSPS) is 10.3. The second-order valence-corrected chi connectivity index (χ2v) is 3.75. The zero-order valence-corrected chi connectivity index (χ0v) is 9.07. The van der Waals surface area contributed by atoms with E-state index in [1.807, 2.05) is 19.3 Å². The maximum Gasteiger partial charge on any atom is 0.0630 e. The third-order valence-corrected chi connectivity index (χ3v) is 2.47. The zero-order chi connectivity index (χ0) is 10.7. The quantitative estimate of drug-likeness (QED) is 0.741. The van der Waals surface area contributed by atoms with Gasteiger partial charge in [0, 0.05) is 18.8 Å². The molecule has 0 aliphatic heterocycles. The summed E-state index contributed by atoms with van der Waals surface area (Å²) in [7, 11) is 0. The molecule has 0 unspecified atom stereocenters. The van der Waals surface area contributed by atoms with Gasteiger partial charge < -0.3 is 0 Å². The Labute approximate surface area is 90.0 Å². The van der Waals surface area contributed by atoms with Crippen molar-refractivity contribution in [1.29, 1.82) is 0 Å². The average molecular weight is 198 g/mol. The number of nitrogens with zero attached hydrogens (tertiary/aromatic N) is 2. The van der Waals surface area contributed by atoms with Gasteiger partial charge >= 0.3 is 0 Å². The van der Waals surface area contributed by atoms with Crippen LogP contribution >= 0.6 is 0 Å². The lowest BCUT2D eigenvalue weighted by atomic mass is 10.0. The van der Waals surface area contributed by atoms with E-state index in [-0.39, 0.29) is 0 Å². The lowest BCUT2D eigenvalue weighted by Crippen LogP contribution is -1.96. The van der Waals surface area contributed by atoms with Gasteiger partial charge in [-0.05, 0) is 25.0 Å². The van der Waals surface area contributed by atoms with Crippen LogP contribution in [0.5, 0.6) is 0 Å². The topological polar surface area (TPSA) is 25.8 Å². The lowest BCUT2D eigenvalue weighted by Gasteiger charge is -2.04. The van der Waals surface area contributed by atoms with Gasteiger partial charge in [0.15, 0.2) is 0 Å². The number of aryl methyl sites for hydroxylation is 2. The van der Waals surface area contributed by atoms with E-state index in [4.69, 9.17) is 0 Å². The van der Waals surface area contributed by atoms with Gasteiger partial charge in [0.05, 0.1) is 11.4 Å². The number of aromatic nitrogens is 2. The lowest BCUT2D eigenvalue weighted by molar-refractivity contribution is 0.994. The van der Waals surface area contributed by atoms with Gasteiger partial charge in [-0.1, -0.05) is 24.3 Å². The molecule has 2 nitrogen and oxygen atoms in total. The molecule has 0 bridgehead atoms. The molecule has 0 saturated carbocycles. The highest BCUT2D eigenvalue weighted by molar-refractivity contribution is 5.29. The van der Waals surface area contributed by atoms with Gasteiger partial charge in [-0.3, -0.25) is 9.97 Å². The van der Waals surface area contributed by atoms with Gasteiger partial charge in [-0.2, -0.15) is 0 Å². The molecule has 0 amide bonds. The first-order chi connectivity index (χ1) is 7.25. The fourth-order valence-electron chi connectivity index (χ4n) is 1.51. The summed E-state index contributed by atoms with van der Waals surface area (Å²) in [5, 5.41) is 0. The molecule has 0 atom stereocenters. The van der Waals surface area contributed by atoms with E-state index in [2.05, 4.69) is 41.2 Å². The van der Waals surface area contributed by atoms with Gasteiger partial charge in [0.25, 0.3) is 0 Å². The van der Waals surface area contributed by atoms with E-state index in [0.29, 0.717) is 0 Å². The Morgan fingerprint density at radius 2 is 1.80 bits per heavy atom. The summed E-state index contributed by atoms with van der Waals surface area (Å²) in [6, 6.07) is 8.37. The van der Waals surface area contributed by atoms with Gasteiger partial charge in [0.1, 0.15) is 0 Å². The van der Waals surface area contributed by atoms with E-state index in [1.54, 1.807) is 0 Å². The van der Waals surface area contributed by atoms with Crippen molar-refractivity contribution in [1.82, 2.24) is 9.97 Å². The largest absolute Gasteiger partial charge is 0.258 e. The van der Waals surface area contributed by atoms with Crippen molar-refractivity contribution in [2.45, 2.75) is 20.3 Å². The van der Waals surface area contributed by atoms with Crippen LogP contribution in [0.4, 0.5) is 0 Å². The second kappa shape index (κ2) is 4.22. The van der Waals surface area contributed by atoms with Gasteiger partial charge in [0.2, 0.25) is 0 Å². The molecule has 1 aromatic heterocycles. The highest BCUT2D eigenvalue weighted by Gasteiger charge is 2.00. The zero-order valence-electron chi connectivity index (χ0n) is 9.07. The minimum absolute atomic E-state index is 0.861. The first-order valence-corrected chi connectivity index (χ1v) is 5.08. The first-order valence-electron chi connectivity index (χ1n) is 5.08. The minimum Gasteiger partial charge on any atom is -0.258 e. The van der Waals surface area contributed by atoms with Crippen molar-refractivity contribution in [3.63, 3.8) is 0 Å². The molecule has 0 radical (unpaired) electrons. The van der Waals surface area contributed by atoms with Crippen LogP contribution in [0.25, 0.3) is 0 Å². The summed E-state index contributed by atoms with van der Waals surface area (Å²) < 4.78 is 0. The highest BCUT2D eigenvalue weighted by Crippen LogP contribution is 2.11. The van der Waals surface area contributed by atoms with Crippen molar-refractivity contribution >= 4 is 0 Å². The summed E-state index contributed by atoms with van der Waals surface area (Å²) in [6.45, 7) is 4.07. The molecular formula is C13H14N2. The van der Waals surface area contributed by atoms with Crippen LogP contribution in [-0.2, 0) is 6.42 Å². The number of hydrogen-bond donors (Lipinski definition) is 0. The Morgan fingerprint density at radius 1 is 1.00 bits per heavy atom. The maximum atomic E-state index is 4.35. The molecule has 15 heavy (non-hydrogen) atoms. The van der Waals surface area contributed by atoms with Crippen LogP contribution in [0, 0.1) is 13.8 Å². The summed E-state index contributed by atoms with van der Waals surface area (Å²) in [4.78, 5) is 8.59. The molecule has 2 aromatic rings. The first kappa shape index (κ1) is 9.84. The van der Waals surface area contributed by atoms with Crippen molar-refractivity contribution in [2.24, 2.45) is 0 Å². The van der Waals surface area contributed by atoms with Crippen molar-refractivity contribution in [2.75, 3.05) is 0 Å². The monoisotopic (exact) mass is 198 g/mol. The highest BCUT2D eigenvalue weighted by atomic mass is 14.8. The van der Waals surface area contributed by atoms with Crippen LogP contribution in [0.2, 0.25) is 0 Å². The third-order valence-electron chi connectivity index (χ3n) is 2.47. The summed E-state index contributed by atoms with van der Waals surface area (Å²) in [5.74, 6) is 0.